The number of carbonyl (C=O) groups is 2. The van der Waals surface area contributed by atoms with E-state index >= 15 is 0 Å². The van der Waals surface area contributed by atoms with Gasteiger partial charge in [0.15, 0.2) is 0 Å². The minimum absolute atomic E-state index is 0.0775. The van der Waals surface area contributed by atoms with Gasteiger partial charge in [-0.15, -0.1) is 0 Å². The molecule has 2 aliphatic rings. The van der Waals surface area contributed by atoms with E-state index in [1.165, 1.54) is 0 Å². The van der Waals surface area contributed by atoms with Crippen LogP contribution in [0.25, 0.3) is 0 Å². The summed E-state index contributed by atoms with van der Waals surface area (Å²) in [6, 6.07) is 17.6. The fraction of sp³-hybridized carbons (Fsp3) is 0.364. The molecule has 0 bridgehead atoms. The van der Waals surface area contributed by atoms with Gasteiger partial charge in [0.1, 0.15) is 5.75 Å². The molecule has 1 saturated carbocycles. The molecule has 0 spiro atoms. The number of benzene rings is 2. The van der Waals surface area contributed by atoms with Crippen molar-refractivity contribution in [1.29, 1.82) is 0 Å². The van der Waals surface area contributed by atoms with Gasteiger partial charge in [-0.05, 0) is 24.5 Å². The van der Waals surface area contributed by atoms with Crippen molar-refractivity contribution in [3.05, 3.63) is 65.7 Å². The summed E-state index contributed by atoms with van der Waals surface area (Å²) < 4.78 is 5.52. The van der Waals surface area contributed by atoms with E-state index in [1.807, 2.05) is 59.5 Å². The number of para-hydroxylation sites is 1. The number of methoxy groups -OCH3 is 1. The maximum absolute atomic E-state index is 13.0. The number of rotatable bonds is 6. The van der Waals surface area contributed by atoms with Gasteiger partial charge in [0.2, 0.25) is 11.8 Å². The Bertz CT molecular complexity index is 832. The first-order valence-corrected chi connectivity index (χ1v) is 9.45. The number of nitrogens with one attached hydrogen (secondary N) is 1. The van der Waals surface area contributed by atoms with Crippen molar-refractivity contribution >= 4 is 11.8 Å². The van der Waals surface area contributed by atoms with Crippen LogP contribution in [-0.2, 0) is 9.59 Å². The van der Waals surface area contributed by atoms with Crippen LogP contribution in [0.15, 0.2) is 54.6 Å². The molecule has 2 atom stereocenters. The normalized spacial score (nSPS) is 20.4. The largest absolute Gasteiger partial charge is 0.496 e. The third kappa shape index (κ3) is 3.68. The molecule has 27 heavy (non-hydrogen) atoms. The predicted octanol–water partition coefficient (Wildman–Crippen LogP) is 2.91. The smallest absolute Gasteiger partial charge is 0.226 e. The van der Waals surface area contributed by atoms with Gasteiger partial charge in [-0.3, -0.25) is 9.59 Å². The Hall–Kier alpha value is -2.82. The highest BCUT2D eigenvalue weighted by atomic mass is 16.5. The first-order valence-electron chi connectivity index (χ1n) is 9.45. The Balaban J connectivity index is 1.58. The zero-order chi connectivity index (χ0) is 18.8. The topological polar surface area (TPSA) is 58.6 Å². The summed E-state index contributed by atoms with van der Waals surface area (Å²) in [5.74, 6) is 0.463. The van der Waals surface area contributed by atoms with Gasteiger partial charge in [-0.2, -0.15) is 0 Å². The second kappa shape index (κ2) is 7.43. The van der Waals surface area contributed by atoms with Gasteiger partial charge in [0.05, 0.1) is 19.1 Å². The number of ether oxygens (including phenoxy) is 1. The lowest BCUT2D eigenvalue weighted by molar-refractivity contribution is -0.129. The summed E-state index contributed by atoms with van der Waals surface area (Å²) in [5, 5.41) is 3.17. The summed E-state index contributed by atoms with van der Waals surface area (Å²) in [5.41, 5.74) is 1.89. The molecule has 1 N–H and O–H groups in total. The second-order valence-electron chi connectivity index (χ2n) is 7.27. The summed E-state index contributed by atoms with van der Waals surface area (Å²) in [7, 11) is 1.63. The molecule has 2 aromatic carbocycles. The first-order chi connectivity index (χ1) is 13.2. The average Bonchev–Trinajstić information content (AvgIpc) is 3.48. The fourth-order valence-corrected chi connectivity index (χ4v) is 3.80. The second-order valence-corrected chi connectivity index (χ2v) is 7.27. The predicted molar refractivity (Wildman–Crippen MR) is 102 cm³/mol. The Morgan fingerprint density at radius 3 is 2.52 bits per heavy atom. The van der Waals surface area contributed by atoms with E-state index in [9.17, 15) is 9.59 Å². The van der Waals surface area contributed by atoms with Crippen molar-refractivity contribution in [1.82, 2.24) is 10.2 Å². The molecule has 2 aromatic rings. The summed E-state index contributed by atoms with van der Waals surface area (Å²) in [6.07, 6.45) is 2.43. The van der Waals surface area contributed by atoms with Crippen LogP contribution in [0.1, 0.15) is 36.4 Å². The SMILES string of the molecule is COc1ccccc1[C@H](NC(=O)[C@H]1CC(=O)N(C2CC2)C1)c1ccccc1. The van der Waals surface area contributed by atoms with Gasteiger partial charge < -0.3 is 15.0 Å². The molecule has 0 aromatic heterocycles. The van der Waals surface area contributed by atoms with E-state index in [0.717, 1.165) is 29.7 Å². The van der Waals surface area contributed by atoms with Crippen LogP contribution in [0.5, 0.6) is 5.75 Å². The van der Waals surface area contributed by atoms with Crippen LogP contribution in [-0.4, -0.2) is 36.4 Å². The monoisotopic (exact) mass is 364 g/mol. The lowest BCUT2D eigenvalue weighted by atomic mass is 9.96. The fourth-order valence-electron chi connectivity index (χ4n) is 3.80. The highest BCUT2D eigenvalue weighted by Gasteiger charge is 2.42. The van der Waals surface area contributed by atoms with Crippen LogP contribution in [0, 0.1) is 5.92 Å². The lowest BCUT2D eigenvalue weighted by Gasteiger charge is -2.23. The Morgan fingerprint density at radius 1 is 1.11 bits per heavy atom. The summed E-state index contributed by atoms with van der Waals surface area (Å²) in [6.45, 7) is 0.531. The van der Waals surface area contributed by atoms with E-state index in [1.54, 1.807) is 7.11 Å². The molecule has 1 aliphatic carbocycles. The molecule has 4 rings (SSSR count). The zero-order valence-electron chi connectivity index (χ0n) is 15.4. The molecule has 5 nitrogen and oxygen atoms in total. The number of hydrogen-bond acceptors (Lipinski definition) is 3. The van der Waals surface area contributed by atoms with Gasteiger partial charge in [-0.25, -0.2) is 0 Å². The molecule has 1 saturated heterocycles. The van der Waals surface area contributed by atoms with Crippen molar-refractivity contribution < 1.29 is 14.3 Å². The molecule has 140 valence electrons. The highest BCUT2D eigenvalue weighted by molar-refractivity contribution is 5.90. The van der Waals surface area contributed by atoms with E-state index in [-0.39, 0.29) is 23.8 Å². The molecule has 1 aliphatic heterocycles. The van der Waals surface area contributed by atoms with E-state index in [2.05, 4.69) is 5.32 Å². The average molecular weight is 364 g/mol. The number of hydrogen-bond donors (Lipinski definition) is 1. The van der Waals surface area contributed by atoms with Gasteiger partial charge in [-0.1, -0.05) is 48.5 Å². The van der Waals surface area contributed by atoms with Crippen LogP contribution < -0.4 is 10.1 Å². The van der Waals surface area contributed by atoms with E-state index in [4.69, 9.17) is 4.74 Å². The Kier molecular flexibility index (Phi) is 4.84. The molecule has 2 fully saturated rings. The van der Waals surface area contributed by atoms with Crippen LogP contribution >= 0.6 is 0 Å². The number of nitrogens with zero attached hydrogens (tertiary/aromatic N) is 1. The van der Waals surface area contributed by atoms with Crippen LogP contribution in [0.3, 0.4) is 0 Å². The molecule has 0 radical (unpaired) electrons. The maximum Gasteiger partial charge on any atom is 0.226 e. The number of likely N-dealkylation sites (tertiary alicyclic amines) is 1. The van der Waals surface area contributed by atoms with Crippen LogP contribution in [0.2, 0.25) is 0 Å². The minimum Gasteiger partial charge on any atom is -0.496 e. The van der Waals surface area contributed by atoms with E-state index in [0.29, 0.717) is 19.0 Å². The molecule has 5 heteroatoms. The molecule has 2 amide bonds. The van der Waals surface area contributed by atoms with Gasteiger partial charge in [0, 0.05) is 24.6 Å². The third-order valence-electron chi connectivity index (χ3n) is 5.39. The standard InChI is InChI=1S/C22H24N2O3/c1-27-19-10-6-5-9-18(19)21(15-7-3-2-4-8-15)23-22(26)16-13-20(25)24(14-16)17-11-12-17/h2-10,16-17,21H,11-14H2,1H3,(H,23,26)/t16-,21+/m0/s1. The lowest BCUT2D eigenvalue weighted by Crippen LogP contribution is -2.36. The number of carbonyl (C=O) groups excluding carboxylic acids is 2. The number of amides is 2. The zero-order valence-corrected chi connectivity index (χ0v) is 15.4. The molecular formula is C22H24N2O3. The minimum atomic E-state index is -0.320. The van der Waals surface area contributed by atoms with Crippen molar-refractivity contribution in [3.8, 4) is 5.75 Å². The molecular weight excluding hydrogens is 340 g/mol. The Labute approximate surface area is 159 Å². The Morgan fingerprint density at radius 2 is 1.81 bits per heavy atom. The van der Waals surface area contributed by atoms with Crippen molar-refractivity contribution in [2.75, 3.05) is 13.7 Å². The van der Waals surface area contributed by atoms with Crippen molar-refractivity contribution in [3.63, 3.8) is 0 Å². The van der Waals surface area contributed by atoms with Gasteiger partial charge in [0.25, 0.3) is 0 Å². The highest BCUT2D eigenvalue weighted by Crippen LogP contribution is 2.34. The van der Waals surface area contributed by atoms with Crippen molar-refractivity contribution in [2.24, 2.45) is 5.92 Å². The van der Waals surface area contributed by atoms with E-state index < -0.39 is 0 Å². The van der Waals surface area contributed by atoms with Gasteiger partial charge >= 0.3 is 0 Å². The maximum atomic E-state index is 13.0. The molecule has 1 heterocycles. The summed E-state index contributed by atoms with van der Waals surface area (Å²) >= 11 is 0. The van der Waals surface area contributed by atoms with Crippen LogP contribution in [0.4, 0.5) is 0 Å². The summed E-state index contributed by atoms with van der Waals surface area (Å²) in [4.78, 5) is 27.1. The third-order valence-corrected chi connectivity index (χ3v) is 5.39. The van der Waals surface area contributed by atoms with Crippen molar-refractivity contribution in [2.45, 2.75) is 31.3 Å². The molecule has 0 unspecified atom stereocenters. The first kappa shape index (κ1) is 17.6. The quantitative estimate of drug-likeness (QED) is 0.857.